The normalized spacial score (nSPS) is 14.5. The van der Waals surface area contributed by atoms with E-state index in [9.17, 15) is 9.59 Å². The second-order valence-electron chi connectivity index (χ2n) is 10.7. The average Bonchev–Trinajstić information content (AvgIpc) is 2.91. The third-order valence-electron chi connectivity index (χ3n) is 7.24. The van der Waals surface area contributed by atoms with Gasteiger partial charge in [0.15, 0.2) is 0 Å². The van der Waals surface area contributed by atoms with Crippen LogP contribution in [0.5, 0.6) is 0 Å². The van der Waals surface area contributed by atoms with Crippen LogP contribution < -0.4 is 5.32 Å². The van der Waals surface area contributed by atoms with E-state index in [1.54, 1.807) is 16.7 Å². The Balaban J connectivity index is 1.57. The van der Waals surface area contributed by atoms with Crippen LogP contribution in [-0.4, -0.2) is 34.6 Å². The number of aryl methyl sites for hydroxylation is 2. The van der Waals surface area contributed by atoms with Crippen molar-refractivity contribution in [2.45, 2.75) is 76.8 Å². The summed E-state index contributed by atoms with van der Waals surface area (Å²) in [6.07, 6.45) is 6.02. The minimum absolute atomic E-state index is 0.0101. The third-order valence-corrected chi connectivity index (χ3v) is 8.72. The topological polar surface area (TPSA) is 49.4 Å². The summed E-state index contributed by atoms with van der Waals surface area (Å²) >= 11 is 5.18. The molecule has 3 aromatic rings. The summed E-state index contributed by atoms with van der Waals surface area (Å²) in [5.74, 6) is 1.03. The van der Waals surface area contributed by atoms with E-state index in [0.717, 1.165) is 47.0 Å². The number of benzene rings is 3. The molecule has 0 saturated heterocycles. The zero-order chi connectivity index (χ0) is 27.6. The second kappa shape index (κ2) is 14.7. The standard InChI is InChI=1S/C33H39BrN2O2S/c1-24-16-25(2)18-28(17-24)22-39-23-32(37)36(21-27-12-9-13-29(34)19-27)31(20-26-10-5-3-6-11-26)33(38)35-30-14-7-4-8-15-30/h3,5-6,9-13,16-19,30-31H,4,7-8,14-15,20-23H2,1-2H3,(H,35,38)/t31-/m0/s1. The number of carbonyl (C=O) groups is 2. The Morgan fingerprint density at radius 3 is 2.28 bits per heavy atom. The molecule has 0 unspecified atom stereocenters. The Hall–Kier alpha value is -2.57. The maximum absolute atomic E-state index is 13.9. The van der Waals surface area contributed by atoms with Crippen LogP contribution in [-0.2, 0) is 28.3 Å². The third kappa shape index (κ3) is 9.25. The molecular weight excluding hydrogens is 568 g/mol. The molecule has 206 valence electrons. The predicted molar refractivity (Wildman–Crippen MR) is 166 cm³/mol. The van der Waals surface area contributed by atoms with Crippen molar-refractivity contribution in [3.8, 4) is 0 Å². The molecule has 4 nitrogen and oxygen atoms in total. The van der Waals surface area contributed by atoms with E-state index in [0.29, 0.717) is 18.7 Å². The minimum Gasteiger partial charge on any atom is -0.352 e. The van der Waals surface area contributed by atoms with Crippen LogP contribution in [0.25, 0.3) is 0 Å². The molecule has 1 fully saturated rings. The Morgan fingerprint density at radius 1 is 0.897 bits per heavy atom. The van der Waals surface area contributed by atoms with E-state index in [4.69, 9.17) is 0 Å². The lowest BCUT2D eigenvalue weighted by molar-refractivity contribution is -0.139. The Kier molecular flexibility index (Phi) is 11.1. The van der Waals surface area contributed by atoms with Crippen molar-refractivity contribution >= 4 is 39.5 Å². The average molecular weight is 608 g/mol. The van der Waals surface area contributed by atoms with Crippen LogP contribution in [0.4, 0.5) is 0 Å². The van der Waals surface area contributed by atoms with Crippen LogP contribution in [0.1, 0.15) is 59.9 Å². The number of halogens is 1. The largest absolute Gasteiger partial charge is 0.352 e. The molecule has 6 heteroatoms. The predicted octanol–water partition coefficient (Wildman–Crippen LogP) is 7.39. The van der Waals surface area contributed by atoms with Crippen LogP contribution in [0.3, 0.4) is 0 Å². The van der Waals surface area contributed by atoms with Gasteiger partial charge in [-0.25, -0.2) is 0 Å². The van der Waals surface area contributed by atoms with Crippen LogP contribution in [0.2, 0.25) is 0 Å². The summed E-state index contributed by atoms with van der Waals surface area (Å²) in [5, 5.41) is 3.32. The summed E-state index contributed by atoms with van der Waals surface area (Å²) in [4.78, 5) is 29.6. The van der Waals surface area contributed by atoms with Gasteiger partial charge in [-0.2, -0.15) is 0 Å². The molecule has 1 aliphatic carbocycles. The number of nitrogens with zero attached hydrogens (tertiary/aromatic N) is 1. The quantitative estimate of drug-likeness (QED) is 0.247. The van der Waals surface area contributed by atoms with Gasteiger partial charge in [-0.3, -0.25) is 9.59 Å². The maximum atomic E-state index is 13.9. The number of rotatable bonds is 11. The fourth-order valence-electron chi connectivity index (χ4n) is 5.42. The van der Waals surface area contributed by atoms with Crippen molar-refractivity contribution < 1.29 is 9.59 Å². The Morgan fingerprint density at radius 2 is 1.59 bits per heavy atom. The molecule has 1 N–H and O–H groups in total. The molecular formula is C33H39BrN2O2S. The van der Waals surface area contributed by atoms with E-state index in [-0.39, 0.29) is 17.9 Å². The van der Waals surface area contributed by atoms with Gasteiger partial charge in [0, 0.05) is 29.2 Å². The van der Waals surface area contributed by atoms with Crippen LogP contribution in [0.15, 0.2) is 77.3 Å². The number of hydrogen-bond donors (Lipinski definition) is 1. The molecule has 0 radical (unpaired) electrons. The second-order valence-corrected chi connectivity index (χ2v) is 12.6. The molecule has 0 bridgehead atoms. The van der Waals surface area contributed by atoms with Crippen LogP contribution >= 0.6 is 27.7 Å². The summed E-state index contributed by atoms with van der Waals surface area (Å²) in [7, 11) is 0. The van der Waals surface area contributed by atoms with Crippen molar-refractivity contribution in [3.63, 3.8) is 0 Å². The summed E-state index contributed by atoms with van der Waals surface area (Å²) in [6, 6.07) is 24.2. The molecule has 0 spiro atoms. The lowest BCUT2D eigenvalue weighted by Gasteiger charge is -2.33. The fraction of sp³-hybridized carbons (Fsp3) is 0.394. The number of thioether (sulfide) groups is 1. The zero-order valence-electron chi connectivity index (χ0n) is 23.0. The van der Waals surface area contributed by atoms with Gasteiger partial charge >= 0.3 is 0 Å². The van der Waals surface area contributed by atoms with Crippen molar-refractivity contribution in [1.82, 2.24) is 10.2 Å². The lowest BCUT2D eigenvalue weighted by Crippen LogP contribution is -2.53. The highest BCUT2D eigenvalue weighted by molar-refractivity contribution is 9.10. The van der Waals surface area contributed by atoms with Gasteiger partial charge < -0.3 is 10.2 Å². The molecule has 3 aromatic carbocycles. The summed E-state index contributed by atoms with van der Waals surface area (Å²) in [5.41, 5.74) is 5.74. The Labute approximate surface area is 246 Å². The Bertz CT molecular complexity index is 1220. The van der Waals surface area contributed by atoms with E-state index < -0.39 is 6.04 Å². The van der Waals surface area contributed by atoms with Gasteiger partial charge in [0.25, 0.3) is 0 Å². The molecule has 39 heavy (non-hydrogen) atoms. The molecule has 1 atom stereocenters. The van der Waals surface area contributed by atoms with Gasteiger partial charge in [-0.15, -0.1) is 11.8 Å². The highest BCUT2D eigenvalue weighted by atomic mass is 79.9. The van der Waals surface area contributed by atoms with Gasteiger partial charge in [-0.1, -0.05) is 107 Å². The number of nitrogens with one attached hydrogen (secondary N) is 1. The first-order valence-electron chi connectivity index (χ1n) is 13.9. The smallest absolute Gasteiger partial charge is 0.243 e. The van der Waals surface area contributed by atoms with Crippen molar-refractivity contribution in [2.75, 3.05) is 5.75 Å². The zero-order valence-corrected chi connectivity index (χ0v) is 25.4. The lowest BCUT2D eigenvalue weighted by atomic mass is 9.94. The minimum atomic E-state index is -0.581. The fourth-order valence-corrected chi connectivity index (χ4v) is 6.71. The molecule has 1 saturated carbocycles. The first-order chi connectivity index (χ1) is 18.9. The molecule has 0 aliphatic heterocycles. The molecule has 0 aromatic heterocycles. The van der Waals surface area contributed by atoms with Gasteiger partial charge in [-0.05, 0) is 55.5 Å². The van der Waals surface area contributed by atoms with Gasteiger partial charge in [0.05, 0.1) is 5.75 Å². The summed E-state index contributed by atoms with van der Waals surface area (Å²) in [6.45, 7) is 4.59. The maximum Gasteiger partial charge on any atom is 0.243 e. The first kappa shape index (κ1) is 29.4. The van der Waals surface area contributed by atoms with Crippen molar-refractivity contribution in [2.24, 2.45) is 0 Å². The van der Waals surface area contributed by atoms with E-state index >= 15 is 0 Å². The highest BCUT2D eigenvalue weighted by Gasteiger charge is 2.31. The molecule has 2 amide bonds. The van der Waals surface area contributed by atoms with Gasteiger partial charge in [0.2, 0.25) is 11.8 Å². The van der Waals surface area contributed by atoms with Crippen LogP contribution in [0, 0.1) is 13.8 Å². The van der Waals surface area contributed by atoms with E-state index in [2.05, 4.69) is 53.3 Å². The molecule has 4 rings (SSSR count). The number of amides is 2. The van der Waals surface area contributed by atoms with Crippen molar-refractivity contribution in [3.05, 3.63) is 105 Å². The monoisotopic (exact) mass is 606 g/mol. The summed E-state index contributed by atoms with van der Waals surface area (Å²) < 4.78 is 0.961. The van der Waals surface area contributed by atoms with Gasteiger partial charge in [0.1, 0.15) is 6.04 Å². The van der Waals surface area contributed by atoms with E-state index in [1.807, 2.05) is 54.6 Å². The van der Waals surface area contributed by atoms with Crippen molar-refractivity contribution in [1.29, 1.82) is 0 Å². The molecule has 0 heterocycles. The number of hydrogen-bond acceptors (Lipinski definition) is 3. The highest BCUT2D eigenvalue weighted by Crippen LogP contribution is 2.22. The van der Waals surface area contributed by atoms with E-state index in [1.165, 1.54) is 23.1 Å². The SMILES string of the molecule is Cc1cc(C)cc(CSCC(=O)N(Cc2cccc(Br)c2)[C@@H](Cc2ccccc2)C(=O)NC2CCCCC2)c1. The number of carbonyl (C=O) groups excluding carboxylic acids is 2. The first-order valence-corrected chi connectivity index (χ1v) is 15.9. The molecule has 1 aliphatic rings.